The van der Waals surface area contributed by atoms with Crippen molar-refractivity contribution in [1.82, 2.24) is 0 Å². The third-order valence-corrected chi connectivity index (χ3v) is 8.66. The SMILES string of the molecule is C1=CC2=CC(c3ccc(-c4c5ccccc5c(-c5ccccc5)c5ccccc45)cc3)=C3C=CC=CC3C2C=C1. The topological polar surface area (TPSA) is 0 Å². The van der Waals surface area contributed by atoms with Crippen molar-refractivity contribution in [3.63, 3.8) is 0 Å². The van der Waals surface area contributed by atoms with Crippen LogP contribution < -0.4 is 0 Å². The normalized spacial score (nSPS) is 19.1. The predicted molar refractivity (Wildman–Crippen MR) is 171 cm³/mol. The third kappa shape index (κ3) is 3.61. The Kier molecular flexibility index (Phi) is 5.38. The molecule has 0 aliphatic heterocycles. The van der Waals surface area contributed by atoms with E-state index in [1.165, 1.54) is 66.1 Å². The van der Waals surface area contributed by atoms with Crippen LogP contribution in [0.15, 0.2) is 169 Å². The molecule has 8 rings (SSSR count). The summed E-state index contributed by atoms with van der Waals surface area (Å²) in [4.78, 5) is 0. The lowest BCUT2D eigenvalue weighted by Gasteiger charge is -2.33. The van der Waals surface area contributed by atoms with Crippen molar-refractivity contribution in [2.75, 3.05) is 0 Å². The van der Waals surface area contributed by atoms with Crippen LogP contribution in [0.1, 0.15) is 5.56 Å². The monoisotopic (exact) mass is 508 g/mol. The van der Waals surface area contributed by atoms with E-state index in [1.54, 1.807) is 0 Å². The van der Waals surface area contributed by atoms with Gasteiger partial charge in [-0.2, -0.15) is 0 Å². The smallest absolute Gasteiger partial charge is 0.0131 e. The Hall–Kier alpha value is -4.94. The van der Waals surface area contributed by atoms with Gasteiger partial charge >= 0.3 is 0 Å². The van der Waals surface area contributed by atoms with E-state index in [2.05, 4.69) is 158 Å². The Bertz CT molecular complexity index is 1910. The molecule has 3 aliphatic rings. The van der Waals surface area contributed by atoms with Gasteiger partial charge in [0.15, 0.2) is 0 Å². The minimum atomic E-state index is 0.388. The van der Waals surface area contributed by atoms with Crippen molar-refractivity contribution in [3.8, 4) is 22.3 Å². The number of rotatable bonds is 3. The third-order valence-electron chi connectivity index (χ3n) is 8.66. The first kappa shape index (κ1) is 23.0. The van der Waals surface area contributed by atoms with E-state index < -0.39 is 0 Å². The summed E-state index contributed by atoms with van der Waals surface area (Å²) < 4.78 is 0. The minimum Gasteiger partial charge on any atom is -0.0761 e. The number of hydrogen-bond acceptors (Lipinski definition) is 0. The van der Waals surface area contributed by atoms with Crippen LogP contribution in [-0.2, 0) is 0 Å². The van der Waals surface area contributed by atoms with E-state index in [1.807, 2.05) is 0 Å². The van der Waals surface area contributed by atoms with Gasteiger partial charge < -0.3 is 0 Å². The van der Waals surface area contributed by atoms with Crippen LogP contribution in [0.5, 0.6) is 0 Å². The zero-order valence-corrected chi connectivity index (χ0v) is 22.2. The van der Waals surface area contributed by atoms with Crippen molar-refractivity contribution in [3.05, 3.63) is 175 Å². The highest BCUT2D eigenvalue weighted by Gasteiger charge is 2.30. The van der Waals surface area contributed by atoms with Gasteiger partial charge in [-0.3, -0.25) is 0 Å². The highest BCUT2D eigenvalue weighted by molar-refractivity contribution is 6.21. The molecule has 0 fully saturated rings. The van der Waals surface area contributed by atoms with Crippen molar-refractivity contribution in [2.24, 2.45) is 11.8 Å². The molecule has 0 nitrogen and oxygen atoms in total. The number of hydrogen-bond donors (Lipinski definition) is 0. The van der Waals surface area contributed by atoms with Crippen LogP contribution in [-0.4, -0.2) is 0 Å². The lowest BCUT2D eigenvalue weighted by molar-refractivity contribution is 0.618. The maximum absolute atomic E-state index is 2.40. The summed E-state index contributed by atoms with van der Waals surface area (Å²) in [6.45, 7) is 0. The lowest BCUT2D eigenvalue weighted by atomic mass is 9.70. The summed E-state index contributed by atoms with van der Waals surface area (Å²) in [5, 5.41) is 5.16. The molecule has 0 heterocycles. The molecule has 188 valence electrons. The molecule has 5 aromatic carbocycles. The van der Waals surface area contributed by atoms with Gasteiger partial charge in [0.2, 0.25) is 0 Å². The van der Waals surface area contributed by atoms with Crippen LogP contribution in [0.3, 0.4) is 0 Å². The van der Waals surface area contributed by atoms with Gasteiger partial charge in [-0.15, -0.1) is 0 Å². The average Bonchev–Trinajstić information content (AvgIpc) is 3.04. The predicted octanol–water partition coefficient (Wildman–Crippen LogP) is 10.5. The van der Waals surface area contributed by atoms with E-state index in [9.17, 15) is 0 Å². The minimum absolute atomic E-state index is 0.388. The average molecular weight is 509 g/mol. The Morgan fingerprint density at radius 3 is 1.52 bits per heavy atom. The highest BCUT2D eigenvalue weighted by atomic mass is 14.3. The largest absolute Gasteiger partial charge is 0.0761 e. The van der Waals surface area contributed by atoms with Crippen LogP contribution >= 0.6 is 0 Å². The second-order valence-electron chi connectivity index (χ2n) is 10.8. The van der Waals surface area contributed by atoms with Gasteiger partial charge in [-0.05, 0) is 66.1 Å². The fourth-order valence-corrected chi connectivity index (χ4v) is 6.86. The molecule has 0 spiro atoms. The molecule has 0 amide bonds. The molecule has 2 atom stereocenters. The maximum atomic E-state index is 2.40. The molecule has 0 aromatic heterocycles. The molecule has 40 heavy (non-hydrogen) atoms. The van der Waals surface area contributed by atoms with Crippen LogP contribution in [0.2, 0.25) is 0 Å². The van der Waals surface area contributed by atoms with Crippen LogP contribution in [0.25, 0.3) is 49.4 Å². The fourth-order valence-electron chi connectivity index (χ4n) is 6.86. The van der Waals surface area contributed by atoms with Crippen LogP contribution in [0, 0.1) is 11.8 Å². The molecule has 0 saturated heterocycles. The van der Waals surface area contributed by atoms with Crippen molar-refractivity contribution < 1.29 is 0 Å². The van der Waals surface area contributed by atoms with E-state index in [0.717, 1.165) is 0 Å². The van der Waals surface area contributed by atoms with Crippen molar-refractivity contribution >= 4 is 27.1 Å². The standard InChI is InChI=1S/C40H28/c1-2-12-28(13-3-1)39-34-18-8-10-20-36(34)40(37-21-11-9-19-35(37)39)29-24-22-27(23-25-29)38-26-30-14-4-5-15-31(30)32-16-6-7-17-33(32)38/h1-26,31-32H. The molecular weight excluding hydrogens is 480 g/mol. The second kappa shape index (κ2) is 9.36. The summed E-state index contributed by atoms with van der Waals surface area (Å²) in [7, 11) is 0. The van der Waals surface area contributed by atoms with Gasteiger partial charge in [0, 0.05) is 11.8 Å². The molecule has 0 radical (unpaired) electrons. The van der Waals surface area contributed by atoms with E-state index in [4.69, 9.17) is 0 Å². The zero-order valence-electron chi connectivity index (χ0n) is 22.2. The summed E-state index contributed by atoms with van der Waals surface area (Å²) in [6.07, 6.45) is 20.4. The molecular formula is C40H28. The van der Waals surface area contributed by atoms with Gasteiger partial charge in [-0.1, -0.05) is 158 Å². The van der Waals surface area contributed by atoms with Crippen molar-refractivity contribution in [2.45, 2.75) is 0 Å². The number of benzene rings is 5. The summed E-state index contributed by atoms with van der Waals surface area (Å²) in [5.41, 5.74) is 10.5. The number of fused-ring (bicyclic) bond motifs is 5. The van der Waals surface area contributed by atoms with Gasteiger partial charge in [0.25, 0.3) is 0 Å². The Balaban J connectivity index is 1.31. The fraction of sp³-hybridized carbons (Fsp3) is 0.0500. The van der Waals surface area contributed by atoms with E-state index >= 15 is 0 Å². The van der Waals surface area contributed by atoms with Gasteiger partial charge in [-0.25, -0.2) is 0 Å². The van der Waals surface area contributed by atoms with Gasteiger partial charge in [0.1, 0.15) is 0 Å². The Morgan fingerprint density at radius 1 is 0.400 bits per heavy atom. The molecule has 5 aromatic rings. The molecule has 0 saturated carbocycles. The van der Waals surface area contributed by atoms with E-state index in [-0.39, 0.29) is 0 Å². The highest BCUT2D eigenvalue weighted by Crippen LogP contribution is 2.46. The second-order valence-corrected chi connectivity index (χ2v) is 10.8. The Labute approximate surface area is 235 Å². The zero-order chi connectivity index (χ0) is 26.5. The van der Waals surface area contributed by atoms with Crippen molar-refractivity contribution in [1.29, 1.82) is 0 Å². The Morgan fingerprint density at radius 2 is 0.900 bits per heavy atom. The first-order valence-corrected chi connectivity index (χ1v) is 14.1. The molecule has 0 N–H and O–H groups in total. The quantitative estimate of drug-likeness (QED) is 0.213. The lowest BCUT2D eigenvalue weighted by Crippen LogP contribution is -2.21. The molecule has 2 unspecified atom stereocenters. The van der Waals surface area contributed by atoms with Gasteiger partial charge in [0.05, 0.1) is 0 Å². The summed E-state index contributed by atoms with van der Waals surface area (Å²) in [6, 6.07) is 37.8. The number of allylic oxidation sites excluding steroid dienone is 12. The summed E-state index contributed by atoms with van der Waals surface area (Å²) >= 11 is 0. The molecule has 0 heteroatoms. The maximum Gasteiger partial charge on any atom is 0.0131 e. The summed E-state index contributed by atoms with van der Waals surface area (Å²) in [5.74, 6) is 0.810. The molecule has 3 aliphatic carbocycles. The van der Waals surface area contributed by atoms with Crippen LogP contribution in [0.4, 0.5) is 0 Å². The van der Waals surface area contributed by atoms with E-state index in [0.29, 0.717) is 11.8 Å². The molecule has 0 bridgehead atoms. The first-order chi connectivity index (χ1) is 19.9. The first-order valence-electron chi connectivity index (χ1n) is 14.1.